The standard InChI is InChI=1S/C60H42N8/c1-7-19-45(20-8-1)57-51-35-31-43(33-37-55-61-41-63-59(65-55)67(47-23-11-3-12-24-47)48-25-13-4-14-26-48)39-53(51)54-40-44(32-36-52(54)58(57)46-21-9-2-10-22-46)34-38-56-62-42-64-60(66-56)68(49-27-15-5-16-28-49)50-29-17-6-18-30-50/h1-42H/b37-33+,38-34+. The van der Waals surface area contributed by atoms with E-state index in [0.717, 1.165) is 66.5 Å². The molecule has 2 aromatic heterocycles. The van der Waals surface area contributed by atoms with Crippen LogP contribution in [-0.2, 0) is 0 Å². The summed E-state index contributed by atoms with van der Waals surface area (Å²) in [6.07, 6.45) is 11.2. The summed E-state index contributed by atoms with van der Waals surface area (Å²) in [6, 6.07) is 75.3. The maximum atomic E-state index is 4.95. The molecule has 0 bridgehead atoms. The zero-order chi connectivity index (χ0) is 45.5. The van der Waals surface area contributed by atoms with E-state index in [-0.39, 0.29) is 0 Å². The molecule has 0 aliphatic rings. The van der Waals surface area contributed by atoms with Crippen LogP contribution in [0.15, 0.2) is 231 Å². The molecule has 2 heterocycles. The van der Waals surface area contributed by atoms with E-state index in [4.69, 9.17) is 9.97 Å². The lowest BCUT2D eigenvalue weighted by Crippen LogP contribution is -2.14. The minimum absolute atomic E-state index is 0.529. The Morgan fingerprint density at radius 2 is 0.618 bits per heavy atom. The van der Waals surface area contributed by atoms with Gasteiger partial charge in [-0.15, -0.1) is 0 Å². The Hall–Kier alpha value is -9.40. The van der Waals surface area contributed by atoms with Gasteiger partial charge in [-0.1, -0.05) is 170 Å². The van der Waals surface area contributed by atoms with Gasteiger partial charge in [0.25, 0.3) is 0 Å². The van der Waals surface area contributed by atoms with Gasteiger partial charge in [0.05, 0.1) is 0 Å². The van der Waals surface area contributed by atoms with Crippen LogP contribution in [0.2, 0.25) is 0 Å². The average Bonchev–Trinajstić information content (AvgIpc) is 3.41. The van der Waals surface area contributed by atoms with E-state index >= 15 is 0 Å². The molecule has 8 nitrogen and oxygen atoms in total. The monoisotopic (exact) mass is 874 g/mol. The first-order valence-corrected chi connectivity index (χ1v) is 22.4. The van der Waals surface area contributed by atoms with Gasteiger partial charge in [0.1, 0.15) is 12.7 Å². The zero-order valence-corrected chi connectivity index (χ0v) is 36.8. The Morgan fingerprint density at radius 1 is 0.294 bits per heavy atom. The molecule has 322 valence electrons. The Labute approximate surface area is 394 Å². The average molecular weight is 875 g/mol. The molecule has 9 aromatic carbocycles. The quantitative estimate of drug-likeness (QED) is 0.112. The summed E-state index contributed by atoms with van der Waals surface area (Å²) in [5, 5.41) is 4.54. The maximum absolute atomic E-state index is 4.95. The number of fused-ring (bicyclic) bond motifs is 3. The summed E-state index contributed by atoms with van der Waals surface area (Å²) in [4.78, 5) is 32.4. The van der Waals surface area contributed by atoms with Crippen LogP contribution in [0.25, 0.3) is 68.1 Å². The molecule has 0 spiro atoms. The molecule has 11 aromatic rings. The van der Waals surface area contributed by atoms with Crippen molar-refractivity contribution in [3.05, 3.63) is 254 Å². The summed E-state index contributed by atoms with van der Waals surface area (Å²) in [7, 11) is 0. The van der Waals surface area contributed by atoms with Gasteiger partial charge in [0.2, 0.25) is 11.9 Å². The number of aromatic nitrogens is 6. The van der Waals surface area contributed by atoms with Crippen LogP contribution in [0.5, 0.6) is 0 Å². The van der Waals surface area contributed by atoms with Gasteiger partial charge < -0.3 is 0 Å². The van der Waals surface area contributed by atoms with Crippen LogP contribution in [0.4, 0.5) is 34.6 Å². The molecular weight excluding hydrogens is 833 g/mol. The second-order valence-electron chi connectivity index (χ2n) is 16.1. The third-order valence-corrected chi connectivity index (χ3v) is 11.8. The normalized spacial score (nSPS) is 11.4. The highest BCUT2D eigenvalue weighted by molar-refractivity contribution is 6.22. The van der Waals surface area contributed by atoms with Crippen molar-refractivity contribution < 1.29 is 0 Å². The number of nitrogens with zero attached hydrogens (tertiary/aromatic N) is 8. The number of benzene rings is 9. The molecule has 0 N–H and O–H groups in total. The Kier molecular flexibility index (Phi) is 11.5. The van der Waals surface area contributed by atoms with Crippen LogP contribution in [0.3, 0.4) is 0 Å². The molecule has 8 heteroatoms. The van der Waals surface area contributed by atoms with E-state index in [2.05, 4.69) is 178 Å². The number of anilines is 6. The highest BCUT2D eigenvalue weighted by Gasteiger charge is 2.20. The second-order valence-corrected chi connectivity index (χ2v) is 16.1. The third kappa shape index (κ3) is 8.60. The van der Waals surface area contributed by atoms with Crippen molar-refractivity contribution in [3.63, 3.8) is 0 Å². The first kappa shape index (κ1) is 41.3. The van der Waals surface area contributed by atoms with E-state index in [9.17, 15) is 0 Å². The van der Waals surface area contributed by atoms with Crippen molar-refractivity contribution in [2.75, 3.05) is 9.80 Å². The van der Waals surface area contributed by atoms with Gasteiger partial charge in [0.15, 0.2) is 11.6 Å². The number of hydrogen-bond acceptors (Lipinski definition) is 8. The van der Waals surface area contributed by atoms with Gasteiger partial charge in [-0.3, -0.25) is 9.80 Å². The molecule has 0 saturated heterocycles. The van der Waals surface area contributed by atoms with Crippen molar-refractivity contribution in [1.29, 1.82) is 0 Å². The molecule has 68 heavy (non-hydrogen) atoms. The van der Waals surface area contributed by atoms with Crippen LogP contribution in [0.1, 0.15) is 22.8 Å². The number of rotatable bonds is 12. The van der Waals surface area contributed by atoms with E-state index in [1.54, 1.807) is 12.7 Å². The smallest absolute Gasteiger partial charge is 0.238 e. The fourth-order valence-electron chi connectivity index (χ4n) is 8.68. The van der Waals surface area contributed by atoms with Gasteiger partial charge in [-0.2, -0.15) is 9.97 Å². The molecule has 0 aliphatic heterocycles. The lowest BCUT2D eigenvalue weighted by molar-refractivity contribution is 0.992. The summed E-state index contributed by atoms with van der Waals surface area (Å²) >= 11 is 0. The van der Waals surface area contributed by atoms with Crippen LogP contribution < -0.4 is 9.80 Å². The predicted molar refractivity (Wildman–Crippen MR) is 279 cm³/mol. The Morgan fingerprint density at radius 3 is 0.956 bits per heavy atom. The van der Waals surface area contributed by atoms with Gasteiger partial charge in [0, 0.05) is 22.7 Å². The first-order chi connectivity index (χ1) is 33.7. The topological polar surface area (TPSA) is 83.8 Å². The highest BCUT2D eigenvalue weighted by atomic mass is 15.3. The van der Waals surface area contributed by atoms with Gasteiger partial charge >= 0.3 is 0 Å². The van der Waals surface area contributed by atoms with Crippen molar-refractivity contribution in [3.8, 4) is 22.3 Å². The lowest BCUT2D eigenvalue weighted by Gasteiger charge is -2.22. The highest BCUT2D eigenvalue weighted by Crippen LogP contribution is 2.45. The summed E-state index contributed by atoms with van der Waals surface area (Å²) in [6.45, 7) is 0. The van der Waals surface area contributed by atoms with E-state index in [1.807, 2.05) is 94.7 Å². The largest absolute Gasteiger partial charge is 0.279 e. The van der Waals surface area contributed by atoms with Crippen LogP contribution in [-0.4, -0.2) is 29.9 Å². The van der Waals surface area contributed by atoms with Crippen molar-refractivity contribution in [2.24, 2.45) is 0 Å². The van der Waals surface area contributed by atoms with E-state index in [0.29, 0.717) is 23.5 Å². The fraction of sp³-hybridized carbons (Fsp3) is 0. The van der Waals surface area contributed by atoms with Crippen molar-refractivity contribution in [1.82, 2.24) is 29.9 Å². The molecule has 0 saturated carbocycles. The Bertz CT molecular complexity index is 3240. The van der Waals surface area contributed by atoms with E-state index < -0.39 is 0 Å². The molecule has 0 amide bonds. The lowest BCUT2D eigenvalue weighted by atomic mass is 9.84. The molecule has 0 aliphatic carbocycles. The van der Waals surface area contributed by atoms with Gasteiger partial charge in [-0.25, -0.2) is 19.9 Å². The second kappa shape index (κ2) is 19.0. The Balaban J connectivity index is 1.02. The van der Waals surface area contributed by atoms with Crippen molar-refractivity contribution in [2.45, 2.75) is 0 Å². The number of para-hydroxylation sites is 4. The number of hydrogen-bond donors (Lipinski definition) is 0. The predicted octanol–water partition coefficient (Wildman–Crippen LogP) is 15.0. The molecule has 0 fully saturated rings. The van der Waals surface area contributed by atoms with Crippen molar-refractivity contribution >= 4 is 80.5 Å². The maximum Gasteiger partial charge on any atom is 0.238 e. The molecule has 11 rings (SSSR count). The fourth-order valence-corrected chi connectivity index (χ4v) is 8.68. The molecule has 0 atom stereocenters. The summed E-state index contributed by atoms with van der Waals surface area (Å²) < 4.78 is 0. The molecular formula is C60H42N8. The minimum atomic E-state index is 0.529. The first-order valence-electron chi connectivity index (χ1n) is 22.4. The third-order valence-electron chi connectivity index (χ3n) is 11.8. The zero-order valence-electron chi connectivity index (χ0n) is 36.8. The minimum Gasteiger partial charge on any atom is -0.279 e. The summed E-state index contributed by atoms with van der Waals surface area (Å²) in [5.41, 5.74) is 10.5. The SMILES string of the molecule is C(=C\c1ncnc(N(c2ccccc2)c2ccccc2)n1)/c1ccc2c(-c3ccccc3)c(-c3ccccc3)c3ccc(/C=C/c4ncnc(N(c5ccccc5)c5ccccc5)n4)cc3c2c1. The van der Waals surface area contributed by atoms with Crippen LogP contribution in [0, 0.1) is 0 Å². The molecule has 0 radical (unpaired) electrons. The van der Waals surface area contributed by atoms with E-state index in [1.165, 1.54) is 11.1 Å². The summed E-state index contributed by atoms with van der Waals surface area (Å²) in [5.74, 6) is 2.15. The molecule has 0 unspecified atom stereocenters. The van der Waals surface area contributed by atoms with Crippen LogP contribution >= 0.6 is 0 Å². The van der Waals surface area contributed by atoms with Gasteiger partial charge in [-0.05, 0) is 128 Å².